The molecular weight excluding hydrogens is 212 g/mol. The lowest BCUT2D eigenvalue weighted by molar-refractivity contribution is 0.0968. The lowest BCUT2D eigenvalue weighted by atomic mass is 10.1. The van der Waals surface area contributed by atoms with E-state index in [2.05, 4.69) is 51.0 Å². The fraction of sp³-hybridized carbons (Fsp3) is 0.643. The summed E-state index contributed by atoms with van der Waals surface area (Å²) in [5, 5.41) is 3.39. The molecule has 1 aromatic heterocycles. The van der Waals surface area contributed by atoms with Crippen LogP contribution in [0.3, 0.4) is 0 Å². The molecule has 0 aliphatic carbocycles. The highest BCUT2D eigenvalue weighted by atomic mass is 16.5. The maximum absolute atomic E-state index is 6.00. The predicted molar refractivity (Wildman–Crippen MR) is 71.3 cm³/mol. The number of hydrogen-bond donors (Lipinski definition) is 1. The first kappa shape index (κ1) is 14.0. The minimum absolute atomic E-state index is 0.172. The van der Waals surface area contributed by atoms with Crippen molar-refractivity contribution in [3.05, 3.63) is 23.9 Å². The second kappa shape index (κ2) is 6.01. The Morgan fingerprint density at radius 2 is 2.12 bits per heavy atom. The van der Waals surface area contributed by atoms with E-state index in [4.69, 9.17) is 4.74 Å². The van der Waals surface area contributed by atoms with E-state index < -0.39 is 0 Å². The van der Waals surface area contributed by atoms with Crippen LogP contribution < -0.4 is 10.1 Å². The van der Waals surface area contributed by atoms with E-state index in [1.54, 1.807) is 6.20 Å². The van der Waals surface area contributed by atoms with Crippen molar-refractivity contribution in [2.45, 2.75) is 52.7 Å². The number of hydrogen-bond acceptors (Lipinski definition) is 3. The van der Waals surface area contributed by atoms with Gasteiger partial charge in [-0.05, 0) is 39.8 Å². The van der Waals surface area contributed by atoms with Crippen LogP contribution >= 0.6 is 0 Å². The fourth-order valence-corrected chi connectivity index (χ4v) is 1.57. The first-order chi connectivity index (χ1) is 8.00. The summed E-state index contributed by atoms with van der Waals surface area (Å²) in [6.07, 6.45) is 2.74. The van der Waals surface area contributed by atoms with Gasteiger partial charge in [-0.15, -0.1) is 0 Å². The molecule has 96 valence electrons. The lowest BCUT2D eigenvalue weighted by Gasteiger charge is -2.26. The first-order valence-corrected chi connectivity index (χ1v) is 6.37. The molecule has 3 nitrogen and oxygen atoms in total. The second-order valence-corrected chi connectivity index (χ2v) is 4.89. The number of aromatic nitrogens is 1. The van der Waals surface area contributed by atoms with Gasteiger partial charge in [-0.2, -0.15) is 0 Å². The molecule has 0 radical (unpaired) electrons. The molecule has 1 unspecified atom stereocenters. The van der Waals surface area contributed by atoms with Crippen molar-refractivity contribution in [2.75, 3.05) is 6.54 Å². The summed E-state index contributed by atoms with van der Waals surface area (Å²) in [6.45, 7) is 11.5. The molecule has 0 aliphatic rings. The number of pyridine rings is 1. The van der Waals surface area contributed by atoms with Crippen LogP contribution in [0.1, 0.15) is 52.6 Å². The average Bonchev–Trinajstić information content (AvgIpc) is 2.29. The Kier molecular flexibility index (Phi) is 4.94. The van der Waals surface area contributed by atoms with Gasteiger partial charge in [-0.1, -0.05) is 19.9 Å². The van der Waals surface area contributed by atoms with Crippen molar-refractivity contribution in [1.82, 2.24) is 10.3 Å². The van der Waals surface area contributed by atoms with Gasteiger partial charge in [0.1, 0.15) is 5.60 Å². The van der Waals surface area contributed by atoms with Crippen molar-refractivity contribution in [3.8, 4) is 5.88 Å². The topological polar surface area (TPSA) is 34.2 Å². The standard InChI is InChI=1S/C14H24N2O/c1-6-14(4,5)17-13-12(9-8-10-16-13)11(3)15-7-2/h8-11,15H,6-7H2,1-5H3. The molecule has 17 heavy (non-hydrogen) atoms. The maximum Gasteiger partial charge on any atom is 0.218 e. The molecule has 0 saturated heterocycles. The van der Waals surface area contributed by atoms with E-state index in [0.717, 1.165) is 24.4 Å². The highest BCUT2D eigenvalue weighted by Crippen LogP contribution is 2.26. The van der Waals surface area contributed by atoms with Crippen LogP contribution in [-0.2, 0) is 0 Å². The van der Waals surface area contributed by atoms with Crippen molar-refractivity contribution in [2.24, 2.45) is 0 Å². The van der Waals surface area contributed by atoms with E-state index in [1.807, 2.05) is 6.07 Å². The second-order valence-electron chi connectivity index (χ2n) is 4.89. The third-order valence-electron chi connectivity index (χ3n) is 3.00. The van der Waals surface area contributed by atoms with E-state index in [-0.39, 0.29) is 11.6 Å². The largest absolute Gasteiger partial charge is 0.471 e. The predicted octanol–water partition coefficient (Wildman–Crippen LogP) is 3.32. The van der Waals surface area contributed by atoms with Crippen LogP contribution in [0.5, 0.6) is 5.88 Å². The summed E-state index contributed by atoms with van der Waals surface area (Å²) in [6, 6.07) is 4.28. The van der Waals surface area contributed by atoms with Crippen molar-refractivity contribution < 1.29 is 4.74 Å². The molecular formula is C14H24N2O. The maximum atomic E-state index is 6.00. The zero-order valence-corrected chi connectivity index (χ0v) is 11.6. The van der Waals surface area contributed by atoms with E-state index in [1.165, 1.54) is 0 Å². The van der Waals surface area contributed by atoms with E-state index >= 15 is 0 Å². The minimum Gasteiger partial charge on any atom is -0.471 e. The Labute approximate surface area is 105 Å². The summed E-state index contributed by atoms with van der Waals surface area (Å²) < 4.78 is 6.00. The highest BCUT2D eigenvalue weighted by Gasteiger charge is 2.21. The molecule has 0 spiro atoms. The molecule has 0 fully saturated rings. The average molecular weight is 236 g/mol. The summed E-state index contributed by atoms with van der Waals surface area (Å²) in [4.78, 5) is 4.35. The van der Waals surface area contributed by atoms with Gasteiger partial charge >= 0.3 is 0 Å². The molecule has 1 atom stereocenters. The van der Waals surface area contributed by atoms with Gasteiger partial charge in [0.2, 0.25) is 5.88 Å². The molecule has 1 N–H and O–H groups in total. The molecule has 0 aliphatic heterocycles. The third-order valence-corrected chi connectivity index (χ3v) is 3.00. The molecule has 0 amide bonds. The minimum atomic E-state index is -0.172. The molecule has 0 bridgehead atoms. The Morgan fingerprint density at radius 1 is 1.41 bits per heavy atom. The van der Waals surface area contributed by atoms with Crippen LogP contribution in [0.25, 0.3) is 0 Å². The number of ether oxygens (including phenoxy) is 1. The Bertz CT molecular complexity index is 350. The van der Waals surface area contributed by atoms with Crippen molar-refractivity contribution in [3.63, 3.8) is 0 Å². The van der Waals surface area contributed by atoms with Gasteiger partial charge in [0.05, 0.1) is 0 Å². The van der Waals surface area contributed by atoms with Crippen LogP contribution in [0, 0.1) is 0 Å². The van der Waals surface area contributed by atoms with E-state index in [0.29, 0.717) is 0 Å². The zero-order valence-electron chi connectivity index (χ0n) is 11.6. The van der Waals surface area contributed by atoms with Gasteiger partial charge in [0.25, 0.3) is 0 Å². The first-order valence-electron chi connectivity index (χ1n) is 6.37. The SMILES string of the molecule is CCNC(C)c1cccnc1OC(C)(C)CC. The van der Waals surface area contributed by atoms with Gasteiger partial charge in [0.15, 0.2) is 0 Å². The van der Waals surface area contributed by atoms with Crippen LogP contribution in [0.15, 0.2) is 18.3 Å². The van der Waals surface area contributed by atoms with Gasteiger partial charge in [-0.25, -0.2) is 4.98 Å². The smallest absolute Gasteiger partial charge is 0.218 e. The van der Waals surface area contributed by atoms with Crippen LogP contribution in [0.4, 0.5) is 0 Å². The summed E-state index contributed by atoms with van der Waals surface area (Å²) in [5.74, 6) is 0.743. The molecule has 1 aromatic rings. The van der Waals surface area contributed by atoms with Gasteiger partial charge in [-0.3, -0.25) is 0 Å². The summed E-state index contributed by atoms with van der Waals surface area (Å²) >= 11 is 0. The Hall–Kier alpha value is -1.09. The number of rotatable bonds is 6. The van der Waals surface area contributed by atoms with Crippen molar-refractivity contribution >= 4 is 0 Å². The lowest BCUT2D eigenvalue weighted by Crippen LogP contribution is -2.29. The monoisotopic (exact) mass is 236 g/mol. The number of nitrogens with one attached hydrogen (secondary N) is 1. The summed E-state index contributed by atoms with van der Waals surface area (Å²) in [7, 11) is 0. The van der Waals surface area contributed by atoms with Crippen molar-refractivity contribution in [1.29, 1.82) is 0 Å². The van der Waals surface area contributed by atoms with Gasteiger partial charge < -0.3 is 10.1 Å². The molecule has 3 heteroatoms. The Balaban J connectivity index is 2.92. The Morgan fingerprint density at radius 3 is 2.71 bits per heavy atom. The molecule has 0 saturated carbocycles. The molecule has 1 heterocycles. The van der Waals surface area contributed by atoms with E-state index in [9.17, 15) is 0 Å². The molecule has 1 rings (SSSR count). The highest BCUT2D eigenvalue weighted by molar-refractivity contribution is 5.29. The molecule has 0 aromatic carbocycles. The zero-order chi connectivity index (χ0) is 12.9. The fourth-order valence-electron chi connectivity index (χ4n) is 1.57. The van der Waals surface area contributed by atoms with Gasteiger partial charge in [0, 0.05) is 17.8 Å². The summed E-state index contributed by atoms with van der Waals surface area (Å²) in [5.41, 5.74) is 0.950. The number of nitrogens with zero attached hydrogens (tertiary/aromatic N) is 1. The quantitative estimate of drug-likeness (QED) is 0.822. The third kappa shape index (κ3) is 4.00. The van der Waals surface area contributed by atoms with Crippen LogP contribution in [0.2, 0.25) is 0 Å². The van der Waals surface area contributed by atoms with Crippen LogP contribution in [-0.4, -0.2) is 17.1 Å². The normalized spacial score (nSPS) is 13.5.